The van der Waals surface area contributed by atoms with Crippen molar-refractivity contribution in [2.24, 2.45) is 0 Å². The van der Waals surface area contributed by atoms with E-state index in [0.29, 0.717) is 0 Å². The van der Waals surface area contributed by atoms with Gasteiger partial charge in [0.05, 0.1) is 27.0 Å². The minimum atomic E-state index is -0.718. The lowest BCUT2D eigenvalue weighted by atomic mass is 10.2. The molecule has 1 heterocycles. The molecule has 0 bridgehead atoms. The summed E-state index contributed by atoms with van der Waals surface area (Å²) >= 11 is 0. The van der Waals surface area contributed by atoms with Crippen LogP contribution in [0.2, 0.25) is 0 Å². The lowest BCUT2D eigenvalue weighted by Gasteiger charge is -2.14. The predicted molar refractivity (Wildman–Crippen MR) is 49.9 cm³/mol. The standard InChI is InChI=1S/C9H12N2O4/c1-14-8(12)5-7(9(13)15-2)11-4-3-10-6-11/h3-4,6-7H,5H2,1-2H3/t7-/m1/s1. The van der Waals surface area contributed by atoms with Gasteiger partial charge in [-0.25, -0.2) is 9.78 Å². The molecule has 1 atom stereocenters. The Labute approximate surface area is 86.8 Å². The van der Waals surface area contributed by atoms with Crippen LogP contribution in [0.1, 0.15) is 12.5 Å². The second-order valence-corrected chi connectivity index (χ2v) is 2.83. The number of imidazole rings is 1. The van der Waals surface area contributed by atoms with Gasteiger partial charge in [0.25, 0.3) is 0 Å². The molecule has 6 nitrogen and oxygen atoms in total. The third kappa shape index (κ3) is 2.80. The molecule has 82 valence electrons. The van der Waals surface area contributed by atoms with Gasteiger partial charge in [-0.05, 0) is 0 Å². The van der Waals surface area contributed by atoms with Crippen LogP contribution in [0, 0.1) is 0 Å². The molecule has 1 rings (SSSR count). The molecule has 1 aromatic heterocycles. The zero-order valence-electron chi connectivity index (χ0n) is 8.54. The number of ether oxygens (including phenoxy) is 2. The highest BCUT2D eigenvalue weighted by Gasteiger charge is 2.24. The second kappa shape index (κ2) is 5.14. The van der Waals surface area contributed by atoms with E-state index < -0.39 is 18.0 Å². The lowest BCUT2D eigenvalue weighted by molar-refractivity contribution is -0.151. The first-order chi connectivity index (χ1) is 7.19. The van der Waals surface area contributed by atoms with E-state index in [-0.39, 0.29) is 6.42 Å². The van der Waals surface area contributed by atoms with E-state index in [9.17, 15) is 9.59 Å². The van der Waals surface area contributed by atoms with Gasteiger partial charge in [-0.1, -0.05) is 0 Å². The van der Waals surface area contributed by atoms with E-state index in [4.69, 9.17) is 0 Å². The molecule has 15 heavy (non-hydrogen) atoms. The Hall–Kier alpha value is -1.85. The molecule has 0 N–H and O–H groups in total. The summed E-state index contributed by atoms with van der Waals surface area (Å²) < 4.78 is 10.6. The summed E-state index contributed by atoms with van der Waals surface area (Å²) in [6, 6.07) is -0.718. The van der Waals surface area contributed by atoms with Crippen LogP contribution in [-0.2, 0) is 19.1 Å². The highest BCUT2D eigenvalue weighted by Crippen LogP contribution is 2.13. The molecule has 0 fully saturated rings. The van der Waals surface area contributed by atoms with E-state index in [1.54, 1.807) is 6.20 Å². The largest absolute Gasteiger partial charge is 0.469 e. The number of hydrogen-bond acceptors (Lipinski definition) is 5. The number of carbonyl (C=O) groups is 2. The molecular weight excluding hydrogens is 200 g/mol. The maximum atomic E-state index is 11.4. The van der Waals surface area contributed by atoms with Crippen LogP contribution < -0.4 is 0 Å². The molecule has 0 aliphatic heterocycles. The van der Waals surface area contributed by atoms with Gasteiger partial charge in [-0.15, -0.1) is 0 Å². The van der Waals surface area contributed by atoms with Crippen LogP contribution >= 0.6 is 0 Å². The van der Waals surface area contributed by atoms with E-state index in [2.05, 4.69) is 14.5 Å². The SMILES string of the molecule is COC(=O)C[C@H](C(=O)OC)n1ccnc1. The molecular formula is C9H12N2O4. The minimum Gasteiger partial charge on any atom is -0.469 e. The van der Waals surface area contributed by atoms with Crippen molar-refractivity contribution in [2.45, 2.75) is 12.5 Å². The van der Waals surface area contributed by atoms with Gasteiger partial charge >= 0.3 is 11.9 Å². The van der Waals surface area contributed by atoms with Crippen LogP contribution in [0.5, 0.6) is 0 Å². The number of rotatable bonds is 4. The summed E-state index contributed by atoms with van der Waals surface area (Å²) in [5, 5.41) is 0. The number of methoxy groups -OCH3 is 2. The Morgan fingerprint density at radius 3 is 2.60 bits per heavy atom. The van der Waals surface area contributed by atoms with Crippen molar-refractivity contribution in [1.82, 2.24) is 9.55 Å². The second-order valence-electron chi connectivity index (χ2n) is 2.83. The van der Waals surface area contributed by atoms with Crippen molar-refractivity contribution in [2.75, 3.05) is 14.2 Å². The molecule has 6 heteroatoms. The van der Waals surface area contributed by atoms with Crippen molar-refractivity contribution in [3.8, 4) is 0 Å². The topological polar surface area (TPSA) is 70.4 Å². The molecule has 0 spiro atoms. The zero-order chi connectivity index (χ0) is 11.3. The van der Waals surface area contributed by atoms with Crippen molar-refractivity contribution in [3.05, 3.63) is 18.7 Å². The molecule has 0 saturated carbocycles. The Balaban J connectivity index is 2.79. The van der Waals surface area contributed by atoms with Gasteiger partial charge in [-0.2, -0.15) is 0 Å². The first-order valence-electron chi connectivity index (χ1n) is 4.31. The number of aromatic nitrogens is 2. The number of nitrogens with zero attached hydrogens (tertiary/aromatic N) is 2. The first kappa shape index (κ1) is 11.2. The molecule has 0 amide bonds. The lowest BCUT2D eigenvalue weighted by Crippen LogP contribution is -2.23. The van der Waals surface area contributed by atoms with Crippen LogP contribution in [0.4, 0.5) is 0 Å². The number of hydrogen-bond donors (Lipinski definition) is 0. The quantitative estimate of drug-likeness (QED) is 0.665. The highest BCUT2D eigenvalue weighted by atomic mass is 16.5. The van der Waals surface area contributed by atoms with E-state index in [0.717, 1.165) is 0 Å². The Morgan fingerprint density at radius 1 is 1.40 bits per heavy atom. The predicted octanol–water partition coefficient (Wildman–Crippen LogP) is 0.160. The van der Waals surface area contributed by atoms with Crippen LogP contribution in [0.25, 0.3) is 0 Å². The molecule has 0 saturated heterocycles. The number of carbonyl (C=O) groups excluding carboxylic acids is 2. The van der Waals surface area contributed by atoms with Gasteiger partial charge in [0.2, 0.25) is 0 Å². The van der Waals surface area contributed by atoms with Crippen molar-refractivity contribution in [1.29, 1.82) is 0 Å². The normalized spacial score (nSPS) is 11.9. The summed E-state index contributed by atoms with van der Waals surface area (Å²) in [4.78, 5) is 26.3. The van der Waals surface area contributed by atoms with Crippen LogP contribution in [0.3, 0.4) is 0 Å². The third-order valence-corrected chi connectivity index (χ3v) is 1.95. The minimum absolute atomic E-state index is 0.0699. The first-order valence-corrected chi connectivity index (χ1v) is 4.31. The van der Waals surface area contributed by atoms with Crippen LogP contribution in [-0.4, -0.2) is 35.7 Å². The van der Waals surface area contributed by atoms with Crippen molar-refractivity contribution >= 4 is 11.9 Å². The fraction of sp³-hybridized carbons (Fsp3) is 0.444. The van der Waals surface area contributed by atoms with E-state index in [1.807, 2.05) is 0 Å². The highest BCUT2D eigenvalue weighted by molar-refractivity contribution is 5.81. The van der Waals surface area contributed by atoms with Crippen LogP contribution in [0.15, 0.2) is 18.7 Å². The zero-order valence-corrected chi connectivity index (χ0v) is 8.54. The van der Waals surface area contributed by atoms with Gasteiger partial charge in [0.15, 0.2) is 0 Å². The van der Waals surface area contributed by atoms with Crippen molar-refractivity contribution in [3.63, 3.8) is 0 Å². The fourth-order valence-electron chi connectivity index (χ4n) is 1.14. The monoisotopic (exact) mass is 212 g/mol. The summed E-state index contributed by atoms with van der Waals surface area (Å²) in [5.41, 5.74) is 0. The summed E-state index contributed by atoms with van der Waals surface area (Å²) in [5.74, 6) is -0.975. The van der Waals surface area contributed by atoms with Gasteiger partial charge in [-0.3, -0.25) is 4.79 Å². The Kier molecular flexibility index (Phi) is 3.84. The molecule has 0 aliphatic carbocycles. The van der Waals surface area contributed by atoms with Gasteiger partial charge in [0.1, 0.15) is 6.04 Å². The fourth-order valence-corrected chi connectivity index (χ4v) is 1.14. The number of esters is 2. The summed E-state index contributed by atoms with van der Waals surface area (Å²) in [6.07, 6.45) is 4.49. The summed E-state index contributed by atoms with van der Waals surface area (Å²) in [6.45, 7) is 0. The van der Waals surface area contributed by atoms with E-state index in [1.165, 1.54) is 31.3 Å². The Morgan fingerprint density at radius 2 is 2.13 bits per heavy atom. The average molecular weight is 212 g/mol. The van der Waals surface area contributed by atoms with Crippen molar-refractivity contribution < 1.29 is 19.1 Å². The van der Waals surface area contributed by atoms with Gasteiger partial charge < -0.3 is 14.0 Å². The summed E-state index contributed by atoms with van der Waals surface area (Å²) in [7, 11) is 2.54. The molecule has 0 aromatic carbocycles. The van der Waals surface area contributed by atoms with E-state index >= 15 is 0 Å². The molecule has 1 aromatic rings. The molecule has 0 radical (unpaired) electrons. The smallest absolute Gasteiger partial charge is 0.329 e. The molecule has 0 aliphatic rings. The maximum absolute atomic E-state index is 11.4. The maximum Gasteiger partial charge on any atom is 0.329 e. The third-order valence-electron chi connectivity index (χ3n) is 1.95. The van der Waals surface area contributed by atoms with Gasteiger partial charge in [0, 0.05) is 12.4 Å². The average Bonchev–Trinajstić information content (AvgIpc) is 2.77. The Bertz CT molecular complexity index is 334. The molecule has 0 unspecified atom stereocenters.